The topological polar surface area (TPSA) is 43.5 Å². The van der Waals surface area contributed by atoms with Gasteiger partial charge < -0.3 is 18.9 Å². The molecule has 5 rings (SSSR count). The Labute approximate surface area is 173 Å². The molecule has 154 valence electrons. The molecule has 0 aromatic heterocycles. The summed E-state index contributed by atoms with van der Waals surface area (Å²) in [7, 11) is 0. The highest BCUT2D eigenvalue weighted by molar-refractivity contribution is 5.39. The minimum absolute atomic E-state index is 0.289. The summed E-state index contributed by atoms with van der Waals surface area (Å²) in [6.45, 7) is 2.96. The molecule has 2 saturated heterocycles. The number of hydrogen-bond acceptors (Lipinski definition) is 4. The molecule has 0 radical (unpaired) electrons. The van der Waals surface area contributed by atoms with Gasteiger partial charge in [0, 0.05) is 5.92 Å². The summed E-state index contributed by atoms with van der Waals surface area (Å²) in [4.78, 5) is 0. The van der Waals surface area contributed by atoms with Crippen LogP contribution in [0.4, 0.5) is 0 Å². The smallest absolute Gasteiger partial charge is 0.119 e. The van der Waals surface area contributed by atoms with Crippen LogP contribution in [0.2, 0.25) is 0 Å². The summed E-state index contributed by atoms with van der Waals surface area (Å²) >= 11 is 0. The van der Waals surface area contributed by atoms with Crippen LogP contribution < -0.4 is 9.47 Å². The number of epoxide rings is 2. The zero-order chi connectivity index (χ0) is 19.5. The summed E-state index contributed by atoms with van der Waals surface area (Å²) in [6, 6.07) is 17.4. The lowest BCUT2D eigenvalue weighted by atomic mass is 9.73. The number of hydrogen-bond donors (Lipinski definition) is 0. The zero-order valence-electron chi connectivity index (χ0n) is 16.9. The van der Waals surface area contributed by atoms with Crippen molar-refractivity contribution in [3.8, 4) is 11.5 Å². The molecule has 2 unspecified atom stereocenters. The van der Waals surface area contributed by atoms with E-state index in [1.54, 1.807) is 0 Å². The van der Waals surface area contributed by atoms with E-state index in [-0.39, 0.29) is 12.2 Å². The third-order valence-corrected chi connectivity index (χ3v) is 6.28. The highest BCUT2D eigenvalue weighted by Crippen LogP contribution is 2.41. The van der Waals surface area contributed by atoms with Crippen molar-refractivity contribution in [2.45, 2.75) is 50.2 Å². The van der Waals surface area contributed by atoms with Gasteiger partial charge in [-0.25, -0.2) is 0 Å². The fraction of sp³-hybridized carbons (Fsp3) is 0.520. The van der Waals surface area contributed by atoms with E-state index < -0.39 is 0 Å². The minimum atomic E-state index is 0.289. The third kappa shape index (κ3) is 5.12. The van der Waals surface area contributed by atoms with Crippen molar-refractivity contribution in [1.82, 2.24) is 0 Å². The van der Waals surface area contributed by atoms with E-state index in [1.807, 2.05) is 0 Å². The van der Waals surface area contributed by atoms with Crippen LogP contribution in [-0.2, 0) is 9.47 Å². The molecule has 4 heteroatoms. The minimum Gasteiger partial charge on any atom is -0.491 e. The van der Waals surface area contributed by atoms with E-state index in [0.29, 0.717) is 25.0 Å². The van der Waals surface area contributed by atoms with Gasteiger partial charge in [0.2, 0.25) is 0 Å². The molecule has 0 N–H and O–H groups in total. The SMILES string of the molecule is c1cc(C(c2ccc(OCC3CO3)cc2)C2CCCCC2)ccc1OCC1CO1. The van der Waals surface area contributed by atoms with Crippen molar-refractivity contribution in [3.63, 3.8) is 0 Å². The van der Waals surface area contributed by atoms with Crippen molar-refractivity contribution < 1.29 is 18.9 Å². The van der Waals surface area contributed by atoms with Crippen LogP contribution in [-0.4, -0.2) is 38.6 Å². The van der Waals surface area contributed by atoms with E-state index in [0.717, 1.165) is 24.7 Å². The molecule has 2 aromatic carbocycles. The molecule has 2 aliphatic heterocycles. The molecular formula is C25H30O4. The molecule has 2 aromatic rings. The Morgan fingerprint density at radius 3 is 1.55 bits per heavy atom. The Kier molecular flexibility index (Phi) is 5.73. The average Bonchev–Trinajstić information content (AvgIpc) is 3.69. The van der Waals surface area contributed by atoms with Gasteiger partial charge >= 0.3 is 0 Å². The fourth-order valence-corrected chi connectivity index (χ4v) is 4.45. The summed E-state index contributed by atoms with van der Waals surface area (Å²) in [5, 5.41) is 0. The average molecular weight is 395 g/mol. The van der Waals surface area contributed by atoms with Gasteiger partial charge in [0.25, 0.3) is 0 Å². The molecule has 0 amide bonds. The maximum absolute atomic E-state index is 5.83. The molecule has 1 aliphatic carbocycles. The zero-order valence-corrected chi connectivity index (χ0v) is 16.9. The van der Waals surface area contributed by atoms with Crippen molar-refractivity contribution in [1.29, 1.82) is 0 Å². The normalized spacial score (nSPS) is 24.7. The monoisotopic (exact) mass is 394 g/mol. The number of rotatable bonds is 9. The predicted molar refractivity (Wildman–Crippen MR) is 112 cm³/mol. The van der Waals surface area contributed by atoms with Gasteiger partial charge in [-0.05, 0) is 54.2 Å². The van der Waals surface area contributed by atoms with E-state index in [2.05, 4.69) is 48.5 Å². The van der Waals surface area contributed by atoms with Gasteiger partial charge in [0.1, 0.15) is 36.9 Å². The largest absolute Gasteiger partial charge is 0.491 e. The standard InChI is InChI=1S/C25H30O4/c1-2-4-18(5-3-1)25(19-6-10-21(11-7-19)26-14-23-16-28-23)20-8-12-22(13-9-20)27-15-24-17-29-24/h6-13,18,23-25H,1-5,14-17H2. The molecule has 1 saturated carbocycles. The quantitative estimate of drug-likeness (QED) is 0.564. The maximum atomic E-state index is 5.83. The molecule has 2 heterocycles. The second kappa shape index (κ2) is 8.76. The lowest BCUT2D eigenvalue weighted by molar-refractivity contribution is 0.262. The first-order valence-electron chi connectivity index (χ1n) is 11.0. The lowest BCUT2D eigenvalue weighted by Gasteiger charge is -2.31. The highest BCUT2D eigenvalue weighted by atomic mass is 16.6. The van der Waals surface area contributed by atoms with Gasteiger partial charge in [-0.2, -0.15) is 0 Å². The fourth-order valence-electron chi connectivity index (χ4n) is 4.45. The molecule has 0 bridgehead atoms. The Hall–Kier alpha value is -2.04. The second-order valence-corrected chi connectivity index (χ2v) is 8.55. The molecule has 4 nitrogen and oxygen atoms in total. The lowest BCUT2D eigenvalue weighted by Crippen LogP contribution is -2.17. The van der Waals surface area contributed by atoms with Crippen LogP contribution in [0.5, 0.6) is 11.5 Å². The van der Waals surface area contributed by atoms with Crippen LogP contribution >= 0.6 is 0 Å². The van der Waals surface area contributed by atoms with E-state index in [1.165, 1.54) is 43.2 Å². The maximum Gasteiger partial charge on any atom is 0.119 e. The Morgan fingerprint density at radius 2 is 1.14 bits per heavy atom. The Morgan fingerprint density at radius 1 is 0.690 bits per heavy atom. The second-order valence-electron chi connectivity index (χ2n) is 8.55. The first kappa shape index (κ1) is 19.0. The van der Waals surface area contributed by atoms with Crippen LogP contribution in [0, 0.1) is 5.92 Å². The van der Waals surface area contributed by atoms with Gasteiger partial charge in [-0.1, -0.05) is 43.5 Å². The summed E-state index contributed by atoms with van der Waals surface area (Å²) in [5.41, 5.74) is 2.76. The molecule has 0 spiro atoms. The molecule has 3 aliphatic rings. The van der Waals surface area contributed by atoms with E-state index in [4.69, 9.17) is 18.9 Å². The highest BCUT2D eigenvalue weighted by Gasteiger charge is 2.27. The Bertz CT molecular complexity index is 712. The molecule has 2 atom stereocenters. The Balaban J connectivity index is 1.32. The van der Waals surface area contributed by atoms with Gasteiger partial charge in [0.15, 0.2) is 0 Å². The van der Waals surface area contributed by atoms with E-state index in [9.17, 15) is 0 Å². The van der Waals surface area contributed by atoms with Gasteiger partial charge in [-0.15, -0.1) is 0 Å². The molecule has 3 fully saturated rings. The third-order valence-electron chi connectivity index (χ3n) is 6.28. The summed E-state index contributed by atoms with van der Waals surface area (Å²) in [6.07, 6.45) is 7.24. The predicted octanol–water partition coefficient (Wildman–Crippen LogP) is 4.95. The van der Waals surface area contributed by atoms with Crippen molar-refractivity contribution in [2.24, 2.45) is 5.92 Å². The van der Waals surface area contributed by atoms with Crippen molar-refractivity contribution >= 4 is 0 Å². The van der Waals surface area contributed by atoms with Crippen molar-refractivity contribution in [3.05, 3.63) is 59.7 Å². The first-order chi connectivity index (χ1) is 14.3. The van der Waals surface area contributed by atoms with Gasteiger partial charge in [0.05, 0.1) is 13.2 Å². The van der Waals surface area contributed by atoms with Crippen LogP contribution in [0.3, 0.4) is 0 Å². The summed E-state index contributed by atoms with van der Waals surface area (Å²) in [5.74, 6) is 2.98. The molecule has 29 heavy (non-hydrogen) atoms. The number of benzene rings is 2. The first-order valence-corrected chi connectivity index (χ1v) is 11.0. The van der Waals surface area contributed by atoms with Crippen LogP contribution in [0.15, 0.2) is 48.5 Å². The van der Waals surface area contributed by atoms with Crippen LogP contribution in [0.25, 0.3) is 0 Å². The van der Waals surface area contributed by atoms with Gasteiger partial charge in [-0.3, -0.25) is 0 Å². The van der Waals surface area contributed by atoms with Crippen LogP contribution in [0.1, 0.15) is 49.1 Å². The van der Waals surface area contributed by atoms with E-state index >= 15 is 0 Å². The summed E-state index contributed by atoms with van der Waals surface area (Å²) < 4.78 is 22.1. The molecular weight excluding hydrogens is 364 g/mol. The number of ether oxygens (including phenoxy) is 4. The van der Waals surface area contributed by atoms with Crippen molar-refractivity contribution in [2.75, 3.05) is 26.4 Å².